The molecule has 2 rings (SSSR count). The van der Waals surface area contributed by atoms with E-state index in [9.17, 15) is 0 Å². The Labute approximate surface area is 92.4 Å². The molecule has 0 bridgehead atoms. The lowest BCUT2D eigenvalue weighted by Gasteiger charge is -2.12. The third-order valence-electron chi connectivity index (χ3n) is 2.53. The summed E-state index contributed by atoms with van der Waals surface area (Å²) in [6.45, 7) is 2.99. The second-order valence-electron chi connectivity index (χ2n) is 3.38. The molecule has 78 valence electrons. The highest BCUT2D eigenvalue weighted by Gasteiger charge is 2.30. The maximum absolute atomic E-state index is 5.69. The minimum Gasteiger partial charge on any atom is -0.377 e. The summed E-state index contributed by atoms with van der Waals surface area (Å²) in [5.74, 6) is 0.900. The van der Waals surface area contributed by atoms with Crippen LogP contribution in [-0.2, 0) is 10.6 Å². The van der Waals surface area contributed by atoms with Crippen molar-refractivity contribution in [1.29, 1.82) is 0 Å². The van der Waals surface area contributed by atoms with Crippen LogP contribution in [0.5, 0.6) is 0 Å². The average Bonchev–Trinajstić information content (AvgIpc) is 2.85. The van der Waals surface area contributed by atoms with E-state index in [4.69, 9.17) is 16.3 Å². The summed E-state index contributed by atoms with van der Waals surface area (Å²) in [6.07, 6.45) is 2.43. The van der Waals surface area contributed by atoms with E-state index in [1.807, 2.05) is 0 Å². The van der Waals surface area contributed by atoms with E-state index in [1.165, 1.54) is 0 Å². The first-order valence-electron chi connectivity index (χ1n) is 4.85. The van der Waals surface area contributed by atoms with Crippen LogP contribution >= 0.6 is 22.9 Å². The third kappa shape index (κ3) is 1.92. The van der Waals surface area contributed by atoms with Crippen LogP contribution in [0.3, 0.4) is 0 Å². The first-order valence-corrected chi connectivity index (χ1v) is 6.20. The Morgan fingerprint density at radius 2 is 2.43 bits per heavy atom. The van der Waals surface area contributed by atoms with Gasteiger partial charge in [-0.3, -0.25) is 0 Å². The number of ether oxygens (including phenoxy) is 1. The van der Waals surface area contributed by atoms with Crippen LogP contribution < -0.4 is 0 Å². The van der Waals surface area contributed by atoms with Crippen LogP contribution in [0.2, 0.25) is 0 Å². The molecular formula is C9H13ClN2OS. The lowest BCUT2D eigenvalue weighted by Crippen LogP contribution is -2.12. The fraction of sp³-hybridized carbons (Fsp3) is 0.778. The lowest BCUT2D eigenvalue weighted by atomic mass is 10.0. The molecule has 1 aliphatic heterocycles. The number of alkyl halides is 1. The molecule has 0 aliphatic carbocycles. The van der Waals surface area contributed by atoms with Crippen molar-refractivity contribution in [3.63, 3.8) is 0 Å². The van der Waals surface area contributed by atoms with Crippen LogP contribution in [0.1, 0.15) is 35.7 Å². The van der Waals surface area contributed by atoms with Gasteiger partial charge in [0, 0.05) is 12.5 Å². The van der Waals surface area contributed by atoms with Gasteiger partial charge in [-0.05, 0) is 12.8 Å². The van der Waals surface area contributed by atoms with Crippen LogP contribution in [0.4, 0.5) is 0 Å². The first-order chi connectivity index (χ1) is 6.85. The Bertz CT molecular complexity index is 305. The van der Waals surface area contributed by atoms with Gasteiger partial charge in [0.25, 0.3) is 0 Å². The molecule has 2 unspecified atom stereocenters. The highest BCUT2D eigenvalue weighted by molar-refractivity contribution is 7.11. The summed E-state index contributed by atoms with van der Waals surface area (Å²) in [6, 6.07) is 0. The van der Waals surface area contributed by atoms with Crippen molar-refractivity contribution in [2.75, 3.05) is 6.61 Å². The summed E-state index contributed by atoms with van der Waals surface area (Å²) in [4.78, 5) is 0. The SMILES string of the molecule is CCC1OCCC1c1nnc(CCl)s1. The van der Waals surface area contributed by atoms with Crippen LogP contribution in [-0.4, -0.2) is 22.9 Å². The van der Waals surface area contributed by atoms with E-state index >= 15 is 0 Å². The van der Waals surface area contributed by atoms with Gasteiger partial charge >= 0.3 is 0 Å². The lowest BCUT2D eigenvalue weighted by molar-refractivity contribution is 0.100. The number of halogens is 1. The molecule has 1 aromatic heterocycles. The number of rotatable bonds is 3. The summed E-state index contributed by atoms with van der Waals surface area (Å²) in [7, 11) is 0. The van der Waals surface area contributed by atoms with Gasteiger partial charge in [-0.25, -0.2) is 0 Å². The van der Waals surface area contributed by atoms with Crippen LogP contribution in [0.15, 0.2) is 0 Å². The summed E-state index contributed by atoms with van der Waals surface area (Å²) >= 11 is 7.31. The van der Waals surface area contributed by atoms with Crippen molar-refractivity contribution in [2.45, 2.75) is 37.7 Å². The number of nitrogens with zero attached hydrogens (tertiary/aromatic N) is 2. The van der Waals surface area contributed by atoms with Crippen molar-refractivity contribution in [3.05, 3.63) is 10.0 Å². The molecule has 2 heterocycles. The van der Waals surface area contributed by atoms with E-state index in [1.54, 1.807) is 11.3 Å². The molecule has 0 amide bonds. The monoisotopic (exact) mass is 232 g/mol. The Hall–Kier alpha value is -0.190. The Balaban J connectivity index is 2.13. The zero-order chi connectivity index (χ0) is 9.97. The van der Waals surface area contributed by atoms with Gasteiger partial charge < -0.3 is 4.74 Å². The van der Waals surface area contributed by atoms with Gasteiger partial charge in [0.1, 0.15) is 10.0 Å². The molecule has 0 aromatic carbocycles. The fourth-order valence-electron chi connectivity index (χ4n) is 1.80. The molecule has 2 atom stereocenters. The highest BCUT2D eigenvalue weighted by Crippen LogP contribution is 2.34. The van der Waals surface area contributed by atoms with Gasteiger partial charge in [0.15, 0.2) is 0 Å². The number of hydrogen-bond acceptors (Lipinski definition) is 4. The van der Waals surface area contributed by atoms with Crippen molar-refractivity contribution in [1.82, 2.24) is 10.2 Å². The molecular weight excluding hydrogens is 220 g/mol. The topological polar surface area (TPSA) is 35.0 Å². The first kappa shape index (κ1) is 10.3. The van der Waals surface area contributed by atoms with Crippen molar-refractivity contribution < 1.29 is 4.74 Å². The molecule has 0 N–H and O–H groups in total. The largest absolute Gasteiger partial charge is 0.377 e. The second-order valence-corrected chi connectivity index (χ2v) is 4.74. The van der Waals surface area contributed by atoms with Gasteiger partial charge in [-0.1, -0.05) is 18.3 Å². The minimum absolute atomic E-state index is 0.325. The molecule has 1 aromatic rings. The van der Waals surface area contributed by atoms with E-state index < -0.39 is 0 Å². The van der Waals surface area contributed by atoms with Crippen LogP contribution in [0, 0.1) is 0 Å². The van der Waals surface area contributed by atoms with Gasteiger partial charge in [-0.15, -0.1) is 21.8 Å². The van der Waals surface area contributed by atoms with E-state index in [0.717, 1.165) is 29.5 Å². The van der Waals surface area contributed by atoms with Gasteiger partial charge in [-0.2, -0.15) is 0 Å². The third-order valence-corrected chi connectivity index (χ3v) is 3.99. The van der Waals surface area contributed by atoms with Crippen LogP contribution in [0.25, 0.3) is 0 Å². The molecule has 0 saturated carbocycles. The summed E-state index contributed by atoms with van der Waals surface area (Å²) in [5, 5.41) is 10.2. The molecule has 1 saturated heterocycles. The normalized spacial score (nSPS) is 27.0. The van der Waals surface area contributed by atoms with Crippen molar-refractivity contribution >= 4 is 22.9 Å². The summed E-state index contributed by atoms with van der Waals surface area (Å²) < 4.78 is 5.62. The molecule has 0 radical (unpaired) electrons. The molecule has 5 heteroatoms. The number of aromatic nitrogens is 2. The predicted octanol–water partition coefficient (Wildman–Crippen LogP) is 2.56. The molecule has 1 fully saturated rings. The van der Waals surface area contributed by atoms with Gasteiger partial charge in [0.05, 0.1) is 12.0 Å². The average molecular weight is 233 g/mol. The molecule has 14 heavy (non-hydrogen) atoms. The van der Waals surface area contributed by atoms with Crippen molar-refractivity contribution in [3.8, 4) is 0 Å². The fourth-order valence-corrected chi connectivity index (χ4v) is 2.90. The molecule has 0 spiro atoms. The molecule has 3 nitrogen and oxygen atoms in total. The second kappa shape index (κ2) is 4.55. The highest BCUT2D eigenvalue weighted by atomic mass is 35.5. The van der Waals surface area contributed by atoms with Crippen molar-refractivity contribution in [2.24, 2.45) is 0 Å². The van der Waals surface area contributed by atoms with E-state index in [0.29, 0.717) is 17.9 Å². The summed E-state index contributed by atoms with van der Waals surface area (Å²) in [5.41, 5.74) is 0. The van der Waals surface area contributed by atoms with E-state index in [2.05, 4.69) is 17.1 Å². The maximum Gasteiger partial charge on any atom is 0.132 e. The number of hydrogen-bond donors (Lipinski definition) is 0. The quantitative estimate of drug-likeness (QED) is 0.752. The zero-order valence-corrected chi connectivity index (χ0v) is 9.64. The Morgan fingerprint density at radius 3 is 3.07 bits per heavy atom. The maximum atomic E-state index is 5.69. The Morgan fingerprint density at radius 1 is 1.57 bits per heavy atom. The Kier molecular flexibility index (Phi) is 3.36. The van der Waals surface area contributed by atoms with Gasteiger partial charge in [0.2, 0.25) is 0 Å². The standard InChI is InChI=1S/C9H13ClN2OS/c1-2-7-6(3-4-13-7)9-12-11-8(5-10)14-9/h6-7H,2-5H2,1H3. The smallest absolute Gasteiger partial charge is 0.132 e. The molecule has 1 aliphatic rings. The van der Waals surface area contributed by atoms with E-state index in [-0.39, 0.29) is 0 Å². The minimum atomic E-state index is 0.325. The predicted molar refractivity (Wildman–Crippen MR) is 56.9 cm³/mol. The zero-order valence-electron chi connectivity index (χ0n) is 8.07.